The van der Waals surface area contributed by atoms with Crippen molar-refractivity contribution in [2.75, 3.05) is 0 Å². The molecule has 0 atom stereocenters. The molecule has 10 nitrogen and oxygen atoms in total. The third-order valence-corrected chi connectivity index (χ3v) is 3.69. The predicted molar refractivity (Wildman–Crippen MR) is 90.2 cm³/mol. The number of rotatable bonds is 6. The SMILES string of the molecule is O=[N+]([O-])c1ccc(-c2nc(-c3ccc([N+](=O)[O-])cc3)c(COO)[nH]2)cc1. The first-order valence-electron chi connectivity index (χ1n) is 7.34. The van der Waals surface area contributed by atoms with Crippen LogP contribution < -0.4 is 0 Å². The lowest BCUT2D eigenvalue weighted by Crippen LogP contribution is -1.92. The largest absolute Gasteiger partial charge is 0.339 e. The van der Waals surface area contributed by atoms with Crippen molar-refractivity contribution in [1.29, 1.82) is 0 Å². The summed E-state index contributed by atoms with van der Waals surface area (Å²) < 4.78 is 0. The molecule has 0 aliphatic rings. The van der Waals surface area contributed by atoms with E-state index < -0.39 is 9.85 Å². The molecule has 2 aromatic carbocycles. The van der Waals surface area contributed by atoms with Crippen LogP contribution in [0.5, 0.6) is 0 Å². The highest BCUT2D eigenvalue weighted by atomic mass is 17.1. The van der Waals surface area contributed by atoms with Gasteiger partial charge in [-0.15, -0.1) is 0 Å². The summed E-state index contributed by atoms with van der Waals surface area (Å²) in [7, 11) is 0. The fourth-order valence-electron chi connectivity index (χ4n) is 2.44. The highest BCUT2D eigenvalue weighted by Gasteiger charge is 2.16. The van der Waals surface area contributed by atoms with Crippen molar-refractivity contribution < 1.29 is 20.0 Å². The Balaban J connectivity index is 2.00. The Morgan fingerprint density at radius 1 is 0.923 bits per heavy atom. The molecule has 0 saturated heterocycles. The van der Waals surface area contributed by atoms with E-state index in [0.717, 1.165) is 0 Å². The fourth-order valence-corrected chi connectivity index (χ4v) is 2.44. The van der Waals surface area contributed by atoms with E-state index in [2.05, 4.69) is 14.9 Å². The minimum Gasteiger partial charge on any atom is -0.339 e. The number of aromatic nitrogens is 2. The quantitative estimate of drug-likeness (QED) is 0.390. The number of hydrogen-bond donors (Lipinski definition) is 2. The second-order valence-corrected chi connectivity index (χ2v) is 5.29. The molecule has 1 aromatic heterocycles. The molecule has 0 unspecified atom stereocenters. The third kappa shape index (κ3) is 3.41. The molecule has 0 bridgehead atoms. The van der Waals surface area contributed by atoms with Crippen LogP contribution in [0.25, 0.3) is 22.6 Å². The van der Waals surface area contributed by atoms with Crippen LogP contribution in [0.15, 0.2) is 48.5 Å². The zero-order valence-electron chi connectivity index (χ0n) is 13.2. The summed E-state index contributed by atoms with van der Waals surface area (Å²) in [5, 5.41) is 30.3. The van der Waals surface area contributed by atoms with E-state index in [1.807, 2.05) is 0 Å². The zero-order valence-corrected chi connectivity index (χ0v) is 13.2. The van der Waals surface area contributed by atoms with Gasteiger partial charge in [-0.25, -0.2) is 9.87 Å². The second-order valence-electron chi connectivity index (χ2n) is 5.29. The van der Waals surface area contributed by atoms with Gasteiger partial charge in [-0.2, -0.15) is 0 Å². The molecule has 3 aromatic rings. The van der Waals surface area contributed by atoms with Gasteiger partial charge in [0.2, 0.25) is 0 Å². The van der Waals surface area contributed by atoms with Gasteiger partial charge in [0.15, 0.2) is 0 Å². The molecule has 0 aliphatic carbocycles. The predicted octanol–water partition coefficient (Wildman–Crippen LogP) is 3.55. The summed E-state index contributed by atoms with van der Waals surface area (Å²) in [4.78, 5) is 32.1. The van der Waals surface area contributed by atoms with Crippen molar-refractivity contribution >= 4 is 11.4 Å². The van der Waals surface area contributed by atoms with Crippen molar-refractivity contribution in [2.24, 2.45) is 0 Å². The Kier molecular flexibility index (Phi) is 4.69. The summed E-state index contributed by atoms with van der Waals surface area (Å²) in [6, 6.07) is 11.6. The maximum absolute atomic E-state index is 10.8. The number of nitro groups is 2. The Hall–Kier alpha value is -3.63. The van der Waals surface area contributed by atoms with Crippen LogP contribution in [-0.2, 0) is 11.5 Å². The van der Waals surface area contributed by atoms with Gasteiger partial charge in [0.25, 0.3) is 11.4 Å². The minimum absolute atomic E-state index is 0.0465. The van der Waals surface area contributed by atoms with E-state index in [4.69, 9.17) is 5.26 Å². The number of benzene rings is 2. The summed E-state index contributed by atoms with van der Waals surface area (Å²) >= 11 is 0. The molecule has 2 N–H and O–H groups in total. The van der Waals surface area contributed by atoms with Crippen molar-refractivity contribution in [1.82, 2.24) is 9.97 Å². The number of nitrogens with zero attached hydrogens (tertiary/aromatic N) is 3. The van der Waals surface area contributed by atoms with Gasteiger partial charge >= 0.3 is 0 Å². The summed E-state index contributed by atoms with van der Waals surface area (Å²) in [6.07, 6.45) is 0. The Bertz CT molecular complexity index is 950. The number of hydrogen-bond acceptors (Lipinski definition) is 7. The van der Waals surface area contributed by atoms with E-state index in [1.54, 1.807) is 12.1 Å². The molecule has 0 fully saturated rings. The maximum Gasteiger partial charge on any atom is 0.269 e. The van der Waals surface area contributed by atoms with Crippen molar-refractivity contribution in [3.8, 4) is 22.6 Å². The first kappa shape index (κ1) is 17.2. The normalized spacial score (nSPS) is 10.7. The average molecular weight is 356 g/mol. The molecule has 132 valence electrons. The first-order chi connectivity index (χ1) is 12.5. The number of nitro benzene ring substituents is 2. The monoisotopic (exact) mass is 356 g/mol. The molecular formula is C16H12N4O6. The molecule has 0 radical (unpaired) electrons. The summed E-state index contributed by atoms with van der Waals surface area (Å²) in [6.45, 7) is -0.174. The van der Waals surface area contributed by atoms with Gasteiger partial charge in [0.05, 0.1) is 21.2 Å². The van der Waals surface area contributed by atoms with Gasteiger partial charge in [-0.1, -0.05) is 0 Å². The van der Waals surface area contributed by atoms with Crippen LogP contribution in [0.4, 0.5) is 11.4 Å². The molecule has 26 heavy (non-hydrogen) atoms. The summed E-state index contributed by atoms with van der Waals surface area (Å²) in [5.74, 6) is 0.417. The minimum atomic E-state index is -0.506. The number of non-ortho nitro benzene ring substituents is 2. The van der Waals surface area contributed by atoms with Crippen LogP contribution in [0.2, 0.25) is 0 Å². The third-order valence-electron chi connectivity index (χ3n) is 3.69. The van der Waals surface area contributed by atoms with Crippen molar-refractivity contribution in [2.45, 2.75) is 6.61 Å². The molecule has 0 spiro atoms. The highest BCUT2D eigenvalue weighted by molar-refractivity contribution is 5.68. The van der Waals surface area contributed by atoms with Gasteiger partial charge < -0.3 is 4.98 Å². The lowest BCUT2D eigenvalue weighted by atomic mass is 10.1. The van der Waals surface area contributed by atoms with Crippen molar-refractivity contribution in [3.63, 3.8) is 0 Å². The molecule has 0 aliphatic heterocycles. The fraction of sp³-hybridized carbons (Fsp3) is 0.0625. The maximum atomic E-state index is 10.8. The Morgan fingerprint density at radius 2 is 1.42 bits per heavy atom. The van der Waals surface area contributed by atoms with Gasteiger partial charge in [0.1, 0.15) is 12.4 Å². The highest BCUT2D eigenvalue weighted by Crippen LogP contribution is 2.28. The lowest BCUT2D eigenvalue weighted by Gasteiger charge is -2.00. The molecule has 0 saturated carbocycles. The van der Waals surface area contributed by atoms with E-state index >= 15 is 0 Å². The second kappa shape index (κ2) is 7.09. The molecule has 1 heterocycles. The van der Waals surface area contributed by atoms with Crippen LogP contribution in [-0.4, -0.2) is 25.1 Å². The smallest absolute Gasteiger partial charge is 0.269 e. The van der Waals surface area contributed by atoms with E-state index in [-0.39, 0.29) is 18.0 Å². The van der Waals surface area contributed by atoms with Gasteiger partial charge in [-0.3, -0.25) is 25.5 Å². The van der Waals surface area contributed by atoms with Gasteiger partial charge in [-0.05, 0) is 24.3 Å². The first-order valence-corrected chi connectivity index (χ1v) is 7.34. The number of imidazole rings is 1. The van der Waals surface area contributed by atoms with Crippen LogP contribution in [0.1, 0.15) is 5.69 Å². The average Bonchev–Trinajstić information content (AvgIpc) is 3.06. The molecule has 0 amide bonds. The van der Waals surface area contributed by atoms with Crippen LogP contribution in [0, 0.1) is 20.2 Å². The molecule has 3 rings (SSSR count). The Labute approximate surface area is 145 Å². The van der Waals surface area contributed by atoms with Crippen LogP contribution >= 0.6 is 0 Å². The van der Waals surface area contributed by atoms with E-state index in [0.29, 0.717) is 28.3 Å². The summed E-state index contributed by atoms with van der Waals surface area (Å²) in [5.41, 5.74) is 1.99. The van der Waals surface area contributed by atoms with Crippen molar-refractivity contribution in [3.05, 3.63) is 74.5 Å². The van der Waals surface area contributed by atoms with E-state index in [1.165, 1.54) is 36.4 Å². The van der Waals surface area contributed by atoms with Crippen LogP contribution in [0.3, 0.4) is 0 Å². The number of H-pyrrole nitrogens is 1. The lowest BCUT2D eigenvalue weighted by molar-refractivity contribution is -0.385. The molecule has 10 heteroatoms. The van der Waals surface area contributed by atoms with Gasteiger partial charge in [0, 0.05) is 35.4 Å². The van der Waals surface area contributed by atoms with E-state index in [9.17, 15) is 20.2 Å². The zero-order chi connectivity index (χ0) is 18.7. The topological polar surface area (TPSA) is 144 Å². The number of nitrogens with one attached hydrogen (secondary N) is 1. The standard InChI is InChI=1S/C16H12N4O6/c21-19(22)12-5-1-10(2-6-12)15-14(9-26-25)17-16(18-15)11-3-7-13(8-4-11)20(23)24/h1-8,25H,9H2,(H,17,18). The number of aromatic amines is 1. The Morgan fingerprint density at radius 3 is 1.88 bits per heavy atom. The molecular weight excluding hydrogens is 344 g/mol.